The van der Waals surface area contributed by atoms with Gasteiger partial charge in [-0.05, 0) is 75.7 Å². The fraction of sp³-hybridized carbons (Fsp3) is 0.766. The molecule has 2 N–H and O–H groups in total. The van der Waals surface area contributed by atoms with E-state index in [1.807, 2.05) is 38.2 Å². The zero-order valence-electron chi connectivity index (χ0n) is 36.8. The van der Waals surface area contributed by atoms with Gasteiger partial charge in [-0.15, -0.1) is 0 Å². The van der Waals surface area contributed by atoms with Crippen LogP contribution in [0.3, 0.4) is 0 Å². The monoisotopic (exact) mass is 854 g/mol. The molecule has 1 saturated carbocycles. The maximum absolute atomic E-state index is 14.4. The number of carbonyl (C=O) groups excluding carboxylic acids is 1. The van der Waals surface area contributed by atoms with Crippen LogP contribution in [0, 0.1) is 23.7 Å². The molecular weight excluding hydrogens is 789 g/mol. The van der Waals surface area contributed by atoms with Crippen molar-refractivity contribution in [3.05, 3.63) is 59.3 Å². The summed E-state index contributed by atoms with van der Waals surface area (Å²) in [5, 5.41) is 23.2. The third kappa shape index (κ3) is 7.88. The molecule has 0 aromatic carbocycles. The number of aliphatic hydroxyl groups is 2. The number of hydrogen-bond donors (Lipinski definition) is 2. The molecule has 2 bridgehead atoms. The van der Waals surface area contributed by atoms with E-state index in [-0.39, 0.29) is 30.8 Å². The summed E-state index contributed by atoms with van der Waals surface area (Å²) in [6.45, 7) is 12.1. The molecule has 5 saturated heterocycles. The second kappa shape index (κ2) is 16.9. The Kier molecular flexibility index (Phi) is 12.2. The first kappa shape index (κ1) is 43.9. The summed E-state index contributed by atoms with van der Waals surface area (Å²) >= 11 is 0. The van der Waals surface area contributed by atoms with E-state index in [2.05, 4.69) is 32.9 Å². The molecular formula is C47H66O14. The maximum Gasteiger partial charge on any atom is 0.316 e. The van der Waals surface area contributed by atoms with Crippen molar-refractivity contribution < 1.29 is 67.1 Å². The third-order valence-corrected chi connectivity index (χ3v) is 15.0. The van der Waals surface area contributed by atoms with Crippen molar-refractivity contribution in [2.75, 3.05) is 20.8 Å². The van der Waals surface area contributed by atoms with E-state index in [1.54, 1.807) is 27.2 Å². The van der Waals surface area contributed by atoms with E-state index in [0.717, 1.165) is 24.0 Å². The van der Waals surface area contributed by atoms with Gasteiger partial charge in [0.25, 0.3) is 0 Å². The lowest BCUT2D eigenvalue weighted by molar-refractivity contribution is -0.318. The van der Waals surface area contributed by atoms with Gasteiger partial charge < -0.3 is 62.3 Å². The van der Waals surface area contributed by atoms with Crippen LogP contribution in [-0.4, -0.2) is 134 Å². The fourth-order valence-electron chi connectivity index (χ4n) is 11.5. The van der Waals surface area contributed by atoms with Crippen molar-refractivity contribution in [1.29, 1.82) is 0 Å². The lowest BCUT2D eigenvalue weighted by Crippen LogP contribution is -2.56. The molecule has 7 heterocycles. The largest absolute Gasteiger partial charge is 0.462 e. The van der Waals surface area contributed by atoms with Crippen LogP contribution in [0.15, 0.2) is 59.3 Å². The molecule has 9 rings (SSSR count). The van der Waals surface area contributed by atoms with Crippen LogP contribution in [0.4, 0.5) is 0 Å². The Hall–Kier alpha value is -2.31. The summed E-state index contributed by atoms with van der Waals surface area (Å²) in [4.78, 5) is 14.4. The first-order valence-electron chi connectivity index (χ1n) is 22.6. The van der Waals surface area contributed by atoms with Gasteiger partial charge in [-0.1, -0.05) is 50.3 Å². The second-order valence-corrected chi connectivity index (χ2v) is 19.1. The quantitative estimate of drug-likeness (QED) is 0.206. The molecule has 0 aromatic rings. The Morgan fingerprint density at radius 3 is 2.39 bits per heavy atom. The van der Waals surface area contributed by atoms with Gasteiger partial charge in [-0.25, -0.2) is 0 Å². The molecule has 0 radical (unpaired) electrons. The number of ether oxygens (including phenoxy) is 11. The summed E-state index contributed by atoms with van der Waals surface area (Å²) in [6, 6.07) is 0. The van der Waals surface area contributed by atoms with Crippen molar-refractivity contribution >= 4 is 5.97 Å². The van der Waals surface area contributed by atoms with Gasteiger partial charge in [-0.3, -0.25) is 4.79 Å². The van der Waals surface area contributed by atoms with Crippen molar-refractivity contribution in [2.45, 2.75) is 183 Å². The highest BCUT2D eigenvalue weighted by Crippen LogP contribution is 2.62. The molecule has 7 aliphatic heterocycles. The normalized spacial score (nSPS) is 53.0. The molecule has 14 nitrogen and oxygen atoms in total. The molecule has 2 aliphatic carbocycles. The molecule has 0 amide bonds. The van der Waals surface area contributed by atoms with Crippen molar-refractivity contribution in [3.8, 4) is 0 Å². The average molecular weight is 855 g/mol. The third-order valence-electron chi connectivity index (χ3n) is 15.0. The minimum Gasteiger partial charge on any atom is -0.462 e. The minimum atomic E-state index is -1.76. The average Bonchev–Trinajstić information content (AvgIpc) is 3.80. The summed E-state index contributed by atoms with van der Waals surface area (Å²) < 4.78 is 70.0. The van der Waals surface area contributed by atoms with Gasteiger partial charge in [0.15, 0.2) is 24.0 Å². The molecule has 0 aromatic heterocycles. The smallest absolute Gasteiger partial charge is 0.316 e. The Labute approximate surface area is 359 Å². The summed E-state index contributed by atoms with van der Waals surface area (Å²) in [5.74, 6) is -3.41. The first-order chi connectivity index (χ1) is 29.2. The molecule has 61 heavy (non-hydrogen) atoms. The van der Waals surface area contributed by atoms with Gasteiger partial charge in [0, 0.05) is 51.7 Å². The van der Waals surface area contributed by atoms with E-state index in [0.29, 0.717) is 49.5 Å². The van der Waals surface area contributed by atoms with Crippen molar-refractivity contribution in [1.82, 2.24) is 0 Å². The first-order valence-corrected chi connectivity index (χ1v) is 22.6. The maximum atomic E-state index is 14.4. The Balaban J connectivity index is 0.999. The Morgan fingerprint density at radius 1 is 0.852 bits per heavy atom. The SMILES string of the molecule is CO[C@H]1C[C@H](O[C@@H]2[C@H](C)OC(OC3/C(C)=C/C[C@H]4C[C@H](CC5(C=C[C@@H]6CC[C@H](C)[C@@H]6O5)O4)OC(=O)[C@@H]4C=C(C)[C@@H]5OC56OC/C(=C\C=C\[C@@H]3C)[C@]46O)C[C@@H]2OC)O[C@@H](C)[C@H]1O. The lowest BCUT2D eigenvalue weighted by Gasteiger charge is -2.47. The van der Waals surface area contributed by atoms with Crippen LogP contribution >= 0.6 is 0 Å². The summed E-state index contributed by atoms with van der Waals surface area (Å²) in [7, 11) is 3.24. The van der Waals surface area contributed by atoms with E-state index >= 15 is 0 Å². The standard InChI is InChI=1S/C47H66O14/c1-24-10-9-11-31-23-53-47-43(61-47)27(4)18-34(46(31,47)50)44(49)56-33-19-32(59-45(22-33)17-16-30-14-12-26(3)41(30)60-45)15-13-25(2)40(24)57-38-21-36(52-8)42(29(6)55-38)58-37-20-35(51-7)39(48)28(5)54-37/h9-11,13,16-18,24,26,28-30,32-43,48,50H,12,14-15,19-23H2,1-8H3/b10-9+,25-13+,31-11+/t24-,26-,28-,29-,30-,32-,33+,34-,35-,36-,37-,38?,39+,40?,41-,42+,43-,45?,46-,47?/m0/s1. The van der Waals surface area contributed by atoms with E-state index < -0.39 is 90.5 Å². The Bertz CT molecular complexity index is 1810. The molecule has 4 unspecified atom stereocenters. The number of rotatable bonds is 6. The van der Waals surface area contributed by atoms with Gasteiger partial charge >= 0.3 is 5.97 Å². The van der Waals surface area contributed by atoms with Crippen molar-refractivity contribution in [3.63, 3.8) is 0 Å². The number of carbonyl (C=O) groups is 1. The van der Waals surface area contributed by atoms with Crippen molar-refractivity contribution in [2.24, 2.45) is 23.7 Å². The number of epoxide rings is 1. The molecule has 2 spiro atoms. The van der Waals surface area contributed by atoms with Crippen LogP contribution in [0.25, 0.3) is 0 Å². The van der Waals surface area contributed by atoms with Crippen LogP contribution in [0.2, 0.25) is 0 Å². The number of aliphatic hydroxyl groups excluding tert-OH is 1. The number of methoxy groups -OCH3 is 2. The molecule has 14 heteroatoms. The van der Waals surface area contributed by atoms with E-state index in [1.165, 1.54) is 0 Å². The fourth-order valence-corrected chi connectivity index (χ4v) is 11.5. The number of esters is 1. The summed E-state index contributed by atoms with van der Waals surface area (Å²) in [5.41, 5.74) is 0.603. The van der Waals surface area contributed by atoms with Crippen LogP contribution < -0.4 is 0 Å². The highest BCUT2D eigenvalue weighted by Gasteiger charge is 2.80. The zero-order chi connectivity index (χ0) is 43.0. The van der Waals surface area contributed by atoms with Gasteiger partial charge in [0.1, 0.15) is 30.3 Å². The highest BCUT2D eigenvalue weighted by atomic mass is 16.8. The Morgan fingerprint density at radius 2 is 1.61 bits per heavy atom. The predicted octanol–water partition coefficient (Wildman–Crippen LogP) is 5.11. The number of hydrogen-bond acceptors (Lipinski definition) is 14. The predicted molar refractivity (Wildman–Crippen MR) is 218 cm³/mol. The zero-order valence-corrected chi connectivity index (χ0v) is 36.8. The van der Waals surface area contributed by atoms with Crippen LogP contribution in [0.1, 0.15) is 86.5 Å². The lowest BCUT2D eigenvalue weighted by atomic mass is 9.72. The summed E-state index contributed by atoms with van der Waals surface area (Å²) in [6.07, 6.45) is 12.4. The molecule has 9 aliphatic rings. The molecule has 6 fully saturated rings. The molecule has 20 atom stereocenters. The van der Waals surface area contributed by atoms with Crippen LogP contribution in [-0.2, 0) is 56.9 Å². The number of fused-ring (bicyclic) bond motifs is 3. The second-order valence-electron chi connectivity index (χ2n) is 19.1. The van der Waals surface area contributed by atoms with Crippen LogP contribution in [0.5, 0.6) is 0 Å². The van der Waals surface area contributed by atoms with Gasteiger partial charge in [0.05, 0.1) is 49.3 Å². The van der Waals surface area contributed by atoms with E-state index in [4.69, 9.17) is 52.1 Å². The minimum absolute atomic E-state index is 0.0187. The molecule has 338 valence electrons. The highest BCUT2D eigenvalue weighted by molar-refractivity contribution is 5.79. The van der Waals surface area contributed by atoms with Gasteiger partial charge in [0.2, 0.25) is 5.79 Å². The topological polar surface area (TPSA) is 162 Å². The van der Waals surface area contributed by atoms with Gasteiger partial charge in [-0.2, -0.15) is 0 Å². The van der Waals surface area contributed by atoms with E-state index in [9.17, 15) is 15.0 Å². The number of allylic oxidation sites excluding steroid dienone is 2.